The largest absolute Gasteiger partial charge is 0.384 e. The number of likely N-dealkylation sites (tertiary alicyclic amines) is 1. The van der Waals surface area contributed by atoms with Crippen LogP contribution in [0.2, 0.25) is 0 Å². The Labute approximate surface area is 160 Å². The smallest absolute Gasteiger partial charge is 0.174 e. The Bertz CT molecular complexity index is 758. The van der Waals surface area contributed by atoms with Crippen molar-refractivity contribution in [3.8, 4) is 0 Å². The van der Waals surface area contributed by atoms with Gasteiger partial charge < -0.3 is 14.7 Å². The van der Waals surface area contributed by atoms with E-state index in [0.29, 0.717) is 18.5 Å². The van der Waals surface area contributed by atoms with Gasteiger partial charge in [-0.1, -0.05) is 60.7 Å². The normalized spacial score (nSPS) is 30.9. The Hall–Kier alpha value is -2.01. The molecule has 2 fully saturated rings. The summed E-state index contributed by atoms with van der Waals surface area (Å²) in [6.45, 7) is 3.25. The summed E-state index contributed by atoms with van der Waals surface area (Å²) in [4.78, 5) is 14.7. The maximum atomic E-state index is 13.4. The molecule has 2 aliphatic heterocycles. The predicted octanol–water partition coefficient (Wildman–Crippen LogP) is 1.84. The van der Waals surface area contributed by atoms with Gasteiger partial charge in [0, 0.05) is 18.6 Å². The summed E-state index contributed by atoms with van der Waals surface area (Å²) in [7, 11) is 0. The lowest BCUT2D eigenvalue weighted by Gasteiger charge is -2.42. The van der Waals surface area contributed by atoms with Crippen LogP contribution in [0, 0.1) is 5.92 Å². The van der Waals surface area contributed by atoms with Crippen molar-refractivity contribution in [1.82, 2.24) is 0 Å². The Morgan fingerprint density at radius 1 is 1.11 bits per heavy atom. The summed E-state index contributed by atoms with van der Waals surface area (Å²) in [5, 5.41) is 11.6. The van der Waals surface area contributed by atoms with Gasteiger partial charge >= 0.3 is 0 Å². The molecule has 2 N–H and O–H groups in total. The number of piperidine rings is 1. The van der Waals surface area contributed by atoms with E-state index >= 15 is 0 Å². The lowest BCUT2D eigenvalue weighted by Crippen LogP contribution is -3.15. The van der Waals surface area contributed by atoms with Gasteiger partial charge in [0.25, 0.3) is 0 Å². The molecule has 4 nitrogen and oxygen atoms in total. The molecule has 0 bridgehead atoms. The molecule has 2 aliphatic rings. The number of nitrogens with one attached hydrogen (secondary N) is 1. The Morgan fingerprint density at radius 3 is 2.48 bits per heavy atom. The number of hydrogen-bond acceptors (Lipinski definition) is 3. The van der Waals surface area contributed by atoms with Gasteiger partial charge in [-0.2, -0.15) is 0 Å². The van der Waals surface area contributed by atoms with E-state index in [1.54, 1.807) is 0 Å². The minimum absolute atomic E-state index is 0.0338. The fourth-order valence-electron chi connectivity index (χ4n) is 4.60. The first-order valence-electron chi connectivity index (χ1n) is 9.99. The maximum absolute atomic E-state index is 13.4. The molecule has 0 spiro atoms. The van der Waals surface area contributed by atoms with Crippen molar-refractivity contribution in [2.75, 3.05) is 26.2 Å². The van der Waals surface area contributed by atoms with E-state index in [-0.39, 0.29) is 11.9 Å². The summed E-state index contributed by atoms with van der Waals surface area (Å²) in [5.41, 5.74) is 0.402. The number of rotatable bonds is 5. The first kappa shape index (κ1) is 18.4. The van der Waals surface area contributed by atoms with Gasteiger partial charge in [0.05, 0.1) is 13.1 Å². The van der Waals surface area contributed by atoms with Crippen LogP contribution in [0.1, 0.15) is 35.2 Å². The molecule has 0 radical (unpaired) electrons. The van der Waals surface area contributed by atoms with Crippen LogP contribution in [-0.4, -0.2) is 43.2 Å². The third-order valence-electron chi connectivity index (χ3n) is 6.12. The maximum Gasteiger partial charge on any atom is 0.174 e. The summed E-state index contributed by atoms with van der Waals surface area (Å²) < 4.78 is 5.80. The van der Waals surface area contributed by atoms with Crippen molar-refractivity contribution in [3.63, 3.8) is 0 Å². The van der Waals surface area contributed by atoms with Gasteiger partial charge in [-0.15, -0.1) is 0 Å². The van der Waals surface area contributed by atoms with E-state index in [9.17, 15) is 9.90 Å². The number of benzene rings is 2. The van der Waals surface area contributed by atoms with Crippen LogP contribution in [0.5, 0.6) is 0 Å². The number of ketones is 1. The molecule has 0 aromatic heterocycles. The molecule has 4 atom stereocenters. The number of carbonyl (C=O) groups excluding carboxylic acids is 1. The number of hydrogen-bond donors (Lipinski definition) is 2. The van der Waals surface area contributed by atoms with E-state index in [1.165, 1.54) is 4.90 Å². The highest BCUT2D eigenvalue weighted by atomic mass is 16.5. The Balaban J connectivity index is 1.61. The molecule has 2 heterocycles. The SMILES string of the molecule is O=C(c1ccccc1)[C@H]1C[NH+](C[C@@H]2CCCO2)CC[C@@]1(O)c1ccccc1. The fourth-order valence-corrected chi connectivity index (χ4v) is 4.60. The summed E-state index contributed by atoms with van der Waals surface area (Å²) in [6, 6.07) is 19.1. The van der Waals surface area contributed by atoms with Crippen LogP contribution in [0.4, 0.5) is 0 Å². The molecule has 2 aromatic carbocycles. The van der Waals surface area contributed by atoms with E-state index in [4.69, 9.17) is 4.74 Å². The van der Waals surface area contributed by atoms with Crippen LogP contribution >= 0.6 is 0 Å². The molecule has 142 valence electrons. The minimum Gasteiger partial charge on any atom is -0.384 e. The van der Waals surface area contributed by atoms with Crippen LogP contribution in [0.15, 0.2) is 60.7 Å². The molecular weight excluding hydrogens is 338 g/mol. The highest BCUT2D eigenvalue weighted by molar-refractivity contribution is 5.98. The van der Waals surface area contributed by atoms with E-state index in [2.05, 4.69) is 0 Å². The average Bonchev–Trinajstić information content (AvgIpc) is 3.23. The standard InChI is InChI=1S/C23H27NO3/c25-22(18-8-3-1-4-9-18)21-17-24(16-20-12-7-15-27-20)14-13-23(21,26)19-10-5-2-6-11-19/h1-6,8-11,20-21,26H,7,12-17H2/p+1/t20-,21+,23+/m0/s1. The minimum atomic E-state index is -1.12. The fraction of sp³-hybridized carbons (Fsp3) is 0.435. The molecule has 2 saturated heterocycles. The number of Topliss-reactive ketones (excluding diaryl/α,β-unsaturated/α-hetero) is 1. The van der Waals surface area contributed by atoms with Gasteiger partial charge in [0.15, 0.2) is 5.78 Å². The summed E-state index contributed by atoms with van der Waals surface area (Å²) in [5.74, 6) is -0.418. The van der Waals surface area contributed by atoms with Crippen LogP contribution < -0.4 is 4.90 Å². The monoisotopic (exact) mass is 366 g/mol. The van der Waals surface area contributed by atoms with E-state index in [0.717, 1.165) is 38.1 Å². The molecule has 2 aromatic rings. The quantitative estimate of drug-likeness (QED) is 0.794. The van der Waals surface area contributed by atoms with Gasteiger partial charge in [0.1, 0.15) is 24.2 Å². The lowest BCUT2D eigenvalue weighted by molar-refractivity contribution is -0.913. The van der Waals surface area contributed by atoms with Crippen LogP contribution in [0.25, 0.3) is 0 Å². The first-order chi connectivity index (χ1) is 13.2. The molecule has 0 amide bonds. The van der Waals surface area contributed by atoms with Gasteiger partial charge in [-0.05, 0) is 18.4 Å². The number of aliphatic hydroxyl groups is 1. The summed E-state index contributed by atoms with van der Waals surface area (Å²) in [6.07, 6.45) is 3.10. The zero-order valence-corrected chi connectivity index (χ0v) is 15.6. The molecule has 4 rings (SSSR count). The number of quaternary nitrogens is 1. The van der Waals surface area contributed by atoms with Gasteiger partial charge in [-0.25, -0.2) is 0 Å². The molecule has 0 saturated carbocycles. The van der Waals surface area contributed by atoms with Crippen molar-refractivity contribution >= 4 is 5.78 Å². The second-order valence-corrected chi connectivity index (χ2v) is 7.87. The van der Waals surface area contributed by atoms with E-state index in [1.807, 2.05) is 60.7 Å². The van der Waals surface area contributed by atoms with E-state index < -0.39 is 11.5 Å². The number of carbonyl (C=O) groups is 1. The zero-order valence-electron chi connectivity index (χ0n) is 15.6. The van der Waals surface area contributed by atoms with Gasteiger partial charge in [-0.3, -0.25) is 4.79 Å². The van der Waals surface area contributed by atoms with Crippen molar-refractivity contribution in [2.45, 2.75) is 31.0 Å². The third kappa shape index (κ3) is 3.84. The topological polar surface area (TPSA) is 51.0 Å². The Kier molecular flexibility index (Phi) is 5.39. The molecule has 0 aliphatic carbocycles. The zero-order chi connectivity index (χ0) is 18.7. The molecule has 4 heteroatoms. The van der Waals surface area contributed by atoms with Crippen molar-refractivity contribution in [3.05, 3.63) is 71.8 Å². The Morgan fingerprint density at radius 2 is 1.81 bits per heavy atom. The lowest BCUT2D eigenvalue weighted by atomic mass is 9.72. The molecule has 27 heavy (non-hydrogen) atoms. The second kappa shape index (κ2) is 7.93. The van der Waals surface area contributed by atoms with Crippen LogP contribution in [-0.2, 0) is 10.3 Å². The highest BCUT2D eigenvalue weighted by Gasteiger charge is 2.49. The second-order valence-electron chi connectivity index (χ2n) is 7.87. The average molecular weight is 366 g/mol. The first-order valence-corrected chi connectivity index (χ1v) is 9.99. The summed E-state index contributed by atoms with van der Waals surface area (Å²) >= 11 is 0. The molecular formula is C23H28NO3+. The number of ether oxygens (including phenoxy) is 1. The van der Waals surface area contributed by atoms with Crippen LogP contribution in [0.3, 0.4) is 0 Å². The predicted molar refractivity (Wildman–Crippen MR) is 104 cm³/mol. The third-order valence-corrected chi connectivity index (χ3v) is 6.12. The van der Waals surface area contributed by atoms with Crippen molar-refractivity contribution in [1.29, 1.82) is 0 Å². The van der Waals surface area contributed by atoms with Gasteiger partial charge in [0.2, 0.25) is 0 Å². The highest BCUT2D eigenvalue weighted by Crippen LogP contribution is 2.36. The van der Waals surface area contributed by atoms with Crippen molar-refractivity contribution < 1.29 is 19.5 Å². The van der Waals surface area contributed by atoms with Crippen molar-refractivity contribution in [2.24, 2.45) is 5.92 Å². The molecule has 1 unspecified atom stereocenters.